The molecule has 1 heterocycles. The van der Waals surface area contributed by atoms with E-state index in [9.17, 15) is 9.59 Å². The van der Waals surface area contributed by atoms with Gasteiger partial charge in [0, 0.05) is 23.0 Å². The maximum absolute atomic E-state index is 13.2. The van der Waals surface area contributed by atoms with E-state index in [1.807, 2.05) is 85.0 Å². The first-order valence-corrected chi connectivity index (χ1v) is 12.6. The molecule has 2 atom stereocenters. The molecule has 7 nitrogen and oxygen atoms in total. The molecule has 7 heteroatoms. The van der Waals surface area contributed by atoms with E-state index in [4.69, 9.17) is 9.47 Å². The molecule has 0 spiro atoms. The number of benzene rings is 3. The zero-order valence-electron chi connectivity index (χ0n) is 20.8. The fraction of sp³-hybridized carbons (Fsp3) is 0.161. The van der Waals surface area contributed by atoms with E-state index in [0.29, 0.717) is 23.7 Å². The number of fused-ring (bicyclic) bond motifs is 1. The maximum Gasteiger partial charge on any atom is 0.268 e. The first-order chi connectivity index (χ1) is 18.6. The molecule has 2 unspecified atom stereocenters. The van der Waals surface area contributed by atoms with Crippen molar-refractivity contribution in [3.63, 3.8) is 0 Å². The number of anilines is 1. The molecule has 0 fully saturated rings. The van der Waals surface area contributed by atoms with Crippen LogP contribution in [0.4, 0.5) is 5.69 Å². The predicted molar refractivity (Wildman–Crippen MR) is 148 cm³/mol. The fourth-order valence-corrected chi connectivity index (χ4v) is 4.15. The summed E-state index contributed by atoms with van der Waals surface area (Å²) in [4.78, 5) is 29.4. The standard InChI is InChI=1S/C31H29N3O4/c35-30(28-19-23-11-7-8-14-27(23)33-28)34-29(21-37-20-22-9-3-1-4-10-22)31(36)32-24-15-17-26(18-16-24)38-25-12-5-2-6-13-25/h1-12,14-19,25,29,33H,13,20-21H2,(H,32,36)(H,34,35). The first-order valence-electron chi connectivity index (χ1n) is 12.6. The van der Waals surface area contributed by atoms with Crippen LogP contribution in [0.1, 0.15) is 22.5 Å². The molecule has 1 aliphatic carbocycles. The summed E-state index contributed by atoms with van der Waals surface area (Å²) in [6.45, 7) is 0.332. The molecule has 5 rings (SSSR count). The molecule has 0 saturated heterocycles. The number of amides is 2. The van der Waals surface area contributed by atoms with Crippen molar-refractivity contribution in [3.05, 3.63) is 120 Å². The zero-order valence-corrected chi connectivity index (χ0v) is 20.8. The fourth-order valence-electron chi connectivity index (χ4n) is 4.15. The van der Waals surface area contributed by atoms with Crippen LogP contribution in [0.5, 0.6) is 5.75 Å². The molecule has 192 valence electrons. The van der Waals surface area contributed by atoms with Crippen molar-refractivity contribution in [1.82, 2.24) is 10.3 Å². The number of H-pyrrole nitrogens is 1. The number of allylic oxidation sites excluding steroid dienone is 2. The summed E-state index contributed by atoms with van der Waals surface area (Å²) in [7, 11) is 0. The highest BCUT2D eigenvalue weighted by Crippen LogP contribution is 2.20. The summed E-state index contributed by atoms with van der Waals surface area (Å²) < 4.78 is 11.8. The number of hydrogen-bond donors (Lipinski definition) is 3. The van der Waals surface area contributed by atoms with Gasteiger partial charge in [0.15, 0.2) is 0 Å². The number of hydrogen-bond acceptors (Lipinski definition) is 4. The van der Waals surface area contributed by atoms with Crippen LogP contribution in [0.15, 0.2) is 109 Å². The van der Waals surface area contributed by atoms with Gasteiger partial charge in [-0.2, -0.15) is 0 Å². The Hall–Kier alpha value is -4.62. The van der Waals surface area contributed by atoms with Crippen molar-refractivity contribution < 1.29 is 19.1 Å². The summed E-state index contributed by atoms with van der Waals surface area (Å²) in [6, 6.07) is 25.3. The maximum atomic E-state index is 13.2. The van der Waals surface area contributed by atoms with Gasteiger partial charge >= 0.3 is 0 Å². The van der Waals surface area contributed by atoms with Crippen molar-refractivity contribution >= 4 is 28.4 Å². The number of para-hydroxylation sites is 1. The molecule has 3 N–H and O–H groups in total. The molecule has 3 aromatic carbocycles. The molecule has 4 aromatic rings. The van der Waals surface area contributed by atoms with E-state index in [-0.39, 0.29) is 24.5 Å². The molecular formula is C31H29N3O4. The highest BCUT2D eigenvalue weighted by molar-refractivity contribution is 6.02. The Bertz CT molecular complexity index is 1410. The van der Waals surface area contributed by atoms with Gasteiger partial charge in [-0.1, -0.05) is 66.8 Å². The van der Waals surface area contributed by atoms with Crippen LogP contribution in [0.25, 0.3) is 10.9 Å². The van der Waals surface area contributed by atoms with Gasteiger partial charge in [0.2, 0.25) is 5.91 Å². The van der Waals surface area contributed by atoms with Crippen LogP contribution in [-0.2, 0) is 16.1 Å². The molecule has 0 saturated carbocycles. The lowest BCUT2D eigenvalue weighted by atomic mass is 10.1. The number of carbonyl (C=O) groups is 2. The number of carbonyl (C=O) groups excluding carboxylic acids is 2. The minimum Gasteiger partial charge on any atom is -0.486 e. The van der Waals surface area contributed by atoms with E-state index >= 15 is 0 Å². The van der Waals surface area contributed by atoms with Gasteiger partial charge in [-0.05, 0) is 48.0 Å². The smallest absolute Gasteiger partial charge is 0.268 e. The average Bonchev–Trinajstić information content (AvgIpc) is 3.39. The highest BCUT2D eigenvalue weighted by atomic mass is 16.5. The van der Waals surface area contributed by atoms with Gasteiger partial charge in [0.1, 0.15) is 23.6 Å². The third kappa shape index (κ3) is 6.57. The molecule has 0 aliphatic heterocycles. The normalized spacial score (nSPS) is 15.2. The van der Waals surface area contributed by atoms with Crippen molar-refractivity contribution in [2.45, 2.75) is 25.2 Å². The SMILES string of the molecule is O=C(NC(COCc1ccccc1)C(=O)Nc1ccc(OC2C=CC=CC2)cc1)c1cc2ccccc2[nH]1. The van der Waals surface area contributed by atoms with Crippen LogP contribution in [-0.4, -0.2) is 35.6 Å². The minimum atomic E-state index is -0.910. The molecule has 2 amide bonds. The first kappa shape index (κ1) is 25.0. The number of rotatable bonds is 10. The highest BCUT2D eigenvalue weighted by Gasteiger charge is 2.23. The lowest BCUT2D eigenvalue weighted by molar-refractivity contribution is -0.119. The monoisotopic (exact) mass is 507 g/mol. The Labute approximate surface area is 221 Å². The molecule has 1 aromatic heterocycles. The Morgan fingerprint density at radius 2 is 1.74 bits per heavy atom. The largest absolute Gasteiger partial charge is 0.486 e. The topological polar surface area (TPSA) is 92.4 Å². The van der Waals surface area contributed by atoms with Crippen LogP contribution in [0.2, 0.25) is 0 Å². The lowest BCUT2D eigenvalue weighted by Gasteiger charge is -2.19. The van der Waals surface area contributed by atoms with Gasteiger partial charge in [-0.25, -0.2) is 0 Å². The molecule has 38 heavy (non-hydrogen) atoms. The molecule has 0 bridgehead atoms. The van der Waals surface area contributed by atoms with Crippen LogP contribution < -0.4 is 15.4 Å². The molecular weight excluding hydrogens is 478 g/mol. The zero-order chi connectivity index (χ0) is 26.2. The lowest BCUT2D eigenvalue weighted by Crippen LogP contribution is -2.46. The van der Waals surface area contributed by atoms with E-state index in [2.05, 4.69) is 21.7 Å². The predicted octanol–water partition coefficient (Wildman–Crippen LogP) is 5.39. The Morgan fingerprint density at radius 3 is 2.50 bits per heavy atom. The van der Waals surface area contributed by atoms with Crippen molar-refractivity contribution in [1.29, 1.82) is 0 Å². The summed E-state index contributed by atoms with van der Waals surface area (Å²) >= 11 is 0. The van der Waals surface area contributed by atoms with Crippen LogP contribution in [0.3, 0.4) is 0 Å². The average molecular weight is 508 g/mol. The third-order valence-electron chi connectivity index (χ3n) is 6.14. The summed E-state index contributed by atoms with van der Waals surface area (Å²) in [5, 5.41) is 6.62. The van der Waals surface area contributed by atoms with E-state index < -0.39 is 6.04 Å². The third-order valence-corrected chi connectivity index (χ3v) is 6.14. The second kappa shape index (κ2) is 12.1. The number of aromatic nitrogens is 1. The minimum absolute atomic E-state index is 0.00793. The Balaban J connectivity index is 1.24. The summed E-state index contributed by atoms with van der Waals surface area (Å²) in [5.74, 6) is -0.0534. The molecule has 1 aliphatic rings. The van der Waals surface area contributed by atoms with Crippen LogP contribution >= 0.6 is 0 Å². The van der Waals surface area contributed by atoms with E-state index in [0.717, 1.165) is 22.9 Å². The summed E-state index contributed by atoms with van der Waals surface area (Å²) in [6.07, 6.45) is 8.83. The second-order valence-electron chi connectivity index (χ2n) is 9.02. The number of aromatic amines is 1. The van der Waals surface area contributed by atoms with Crippen molar-refractivity contribution in [3.8, 4) is 5.75 Å². The Kier molecular flexibility index (Phi) is 7.96. The Morgan fingerprint density at radius 1 is 0.947 bits per heavy atom. The number of ether oxygens (including phenoxy) is 2. The van der Waals surface area contributed by atoms with Gasteiger partial charge in [-0.3, -0.25) is 9.59 Å². The molecule has 0 radical (unpaired) electrons. The van der Waals surface area contributed by atoms with Gasteiger partial charge < -0.3 is 25.1 Å². The quantitative estimate of drug-likeness (QED) is 0.269. The van der Waals surface area contributed by atoms with Crippen molar-refractivity contribution in [2.75, 3.05) is 11.9 Å². The van der Waals surface area contributed by atoms with E-state index in [1.54, 1.807) is 18.2 Å². The number of nitrogens with one attached hydrogen (secondary N) is 3. The second-order valence-corrected chi connectivity index (χ2v) is 9.02. The van der Waals surface area contributed by atoms with Crippen molar-refractivity contribution in [2.24, 2.45) is 0 Å². The van der Waals surface area contributed by atoms with Gasteiger partial charge in [0.05, 0.1) is 13.2 Å². The van der Waals surface area contributed by atoms with Gasteiger partial charge in [0.25, 0.3) is 5.91 Å². The van der Waals surface area contributed by atoms with E-state index in [1.165, 1.54) is 0 Å². The van der Waals surface area contributed by atoms with Crippen LogP contribution in [0, 0.1) is 0 Å². The summed E-state index contributed by atoms with van der Waals surface area (Å²) in [5.41, 5.74) is 2.79. The van der Waals surface area contributed by atoms with Gasteiger partial charge in [-0.15, -0.1) is 0 Å².